The van der Waals surface area contributed by atoms with E-state index in [1.807, 2.05) is 32.0 Å². The molecular weight excluding hydrogens is 344 g/mol. The number of Topliss-reactive ketones (excluding diaryl/α,β-unsaturated/α-hetero) is 1. The Balaban J connectivity index is 1.70. The molecule has 0 aliphatic carbocycles. The van der Waals surface area contributed by atoms with Crippen LogP contribution in [-0.4, -0.2) is 33.3 Å². The van der Waals surface area contributed by atoms with E-state index in [4.69, 9.17) is 4.42 Å². The number of carbonyl (C=O) groups excluding carboxylic acids is 1. The number of hydrogen-bond donors (Lipinski definition) is 1. The maximum Gasteiger partial charge on any atom is 0.206 e. The van der Waals surface area contributed by atoms with E-state index in [1.54, 1.807) is 13.3 Å². The van der Waals surface area contributed by atoms with Crippen LogP contribution >= 0.6 is 23.1 Å². The molecule has 8 heteroatoms. The first-order chi connectivity index (χ1) is 11.6. The van der Waals surface area contributed by atoms with E-state index in [-0.39, 0.29) is 5.78 Å². The first-order valence-corrected chi connectivity index (χ1v) is 9.25. The van der Waals surface area contributed by atoms with Crippen molar-refractivity contribution in [2.75, 3.05) is 18.1 Å². The van der Waals surface area contributed by atoms with Gasteiger partial charge in [0.15, 0.2) is 10.1 Å². The Bertz CT molecular complexity index is 837. The van der Waals surface area contributed by atoms with Gasteiger partial charge in [-0.2, -0.15) is 0 Å². The van der Waals surface area contributed by atoms with Crippen LogP contribution in [0.25, 0.3) is 0 Å². The lowest BCUT2D eigenvalue weighted by atomic mass is 10.2. The summed E-state index contributed by atoms with van der Waals surface area (Å²) in [5.41, 5.74) is 2.76. The summed E-state index contributed by atoms with van der Waals surface area (Å²) in [5, 5.41) is 11.7. The molecule has 3 heterocycles. The van der Waals surface area contributed by atoms with E-state index >= 15 is 0 Å². The fourth-order valence-corrected chi connectivity index (χ4v) is 4.05. The second-order valence-corrected chi connectivity index (χ2v) is 7.49. The average molecular weight is 362 g/mol. The SMILES string of the molecule is CNc1nnc(SCC(=O)c2cc(C)n(Cc3ccco3)c2C)s1. The Hall–Kier alpha value is -2.06. The number of aromatic nitrogens is 3. The van der Waals surface area contributed by atoms with Crippen molar-refractivity contribution in [3.63, 3.8) is 0 Å². The minimum absolute atomic E-state index is 0.0972. The zero-order valence-electron chi connectivity index (χ0n) is 13.7. The zero-order valence-corrected chi connectivity index (χ0v) is 15.3. The predicted octanol–water partition coefficient (Wildman–Crippen LogP) is 3.61. The lowest BCUT2D eigenvalue weighted by molar-refractivity contribution is 0.102. The van der Waals surface area contributed by atoms with Gasteiger partial charge in [0.05, 0.1) is 18.6 Å². The Labute approximate surface area is 148 Å². The smallest absolute Gasteiger partial charge is 0.206 e. The van der Waals surface area contributed by atoms with Crippen LogP contribution in [0.1, 0.15) is 27.5 Å². The van der Waals surface area contributed by atoms with Crippen molar-refractivity contribution in [1.82, 2.24) is 14.8 Å². The van der Waals surface area contributed by atoms with Gasteiger partial charge >= 0.3 is 0 Å². The highest BCUT2D eigenvalue weighted by molar-refractivity contribution is 8.01. The number of aryl methyl sites for hydroxylation is 1. The Morgan fingerprint density at radius 3 is 2.92 bits per heavy atom. The van der Waals surface area contributed by atoms with E-state index in [0.29, 0.717) is 12.3 Å². The molecule has 0 saturated heterocycles. The van der Waals surface area contributed by atoms with Crippen LogP contribution in [0, 0.1) is 13.8 Å². The zero-order chi connectivity index (χ0) is 17.1. The first kappa shape index (κ1) is 16.8. The number of carbonyl (C=O) groups is 1. The largest absolute Gasteiger partial charge is 0.467 e. The molecule has 24 heavy (non-hydrogen) atoms. The lowest BCUT2D eigenvalue weighted by Gasteiger charge is -2.07. The van der Waals surface area contributed by atoms with E-state index in [2.05, 4.69) is 20.1 Å². The number of nitrogens with one attached hydrogen (secondary N) is 1. The van der Waals surface area contributed by atoms with E-state index < -0.39 is 0 Å². The minimum atomic E-state index is 0.0972. The molecule has 6 nitrogen and oxygen atoms in total. The van der Waals surface area contributed by atoms with Crippen molar-refractivity contribution in [3.05, 3.63) is 47.2 Å². The summed E-state index contributed by atoms with van der Waals surface area (Å²) in [4.78, 5) is 12.6. The summed E-state index contributed by atoms with van der Waals surface area (Å²) < 4.78 is 8.29. The van der Waals surface area contributed by atoms with Gasteiger partial charge in [-0.25, -0.2) is 0 Å². The number of ketones is 1. The number of hydrogen-bond acceptors (Lipinski definition) is 7. The van der Waals surface area contributed by atoms with Crippen LogP contribution in [0.5, 0.6) is 0 Å². The van der Waals surface area contributed by atoms with E-state index in [0.717, 1.165) is 32.2 Å². The number of nitrogens with zero attached hydrogens (tertiary/aromatic N) is 3. The predicted molar refractivity (Wildman–Crippen MR) is 96.2 cm³/mol. The van der Waals surface area contributed by atoms with Gasteiger partial charge in [-0.15, -0.1) is 10.2 Å². The molecular formula is C16H18N4O2S2. The summed E-state index contributed by atoms with van der Waals surface area (Å²) in [6, 6.07) is 5.75. The monoisotopic (exact) mass is 362 g/mol. The molecule has 0 radical (unpaired) electrons. The van der Waals surface area contributed by atoms with Crippen LogP contribution in [0.3, 0.4) is 0 Å². The first-order valence-electron chi connectivity index (χ1n) is 7.45. The molecule has 3 aromatic rings. The number of anilines is 1. The van der Waals surface area contributed by atoms with E-state index in [1.165, 1.54) is 23.1 Å². The molecule has 0 bridgehead atoms. The van der Waals surface area contributed by atoms with Gasteiger partial charge in [0, 0.05) is 24.0 Å². The van der Waals surface area contributed by atoms with Gasteiger partial charge < -0.3 is 14.3 Å². The van der Waals surface area contributed by atoms with Crippen molar-refractivity contribution in [2.45, 2.75) is 24.7 Å². The standard InChI is InChI=1S/C16H18N4O2S2/c1-10-7-13(11(2)20(10)8-12-5-4-6-22-12)14(21)9-23-16-19-18-15(17-3)24-16/h4-7H,8-9H2,1-3H3,(H,17,18). The fourth-order valence-electron chi connectivity index (χ4n) is 2.46. The number of rotatable bonds is 7. The van der Waals surface area contributed by atoms with Crippen molar-refractivity contribution < 1.29 is 9.21 Å². The quantitative estimate of drug-likeness (QED) is 0.511. The molecule has 1 N–H and O–H groups in total. The number of thioether (sulfide) groups is 1. The highest BCUT2D eigenvalue weighted by atomic mass is 32.2. The molecule has 126 valence electrons. The molecule has 0 saturated carbocycles. The van der Waals surface area contributed by atoms with Gasteiger partial charge in [0.25, 0.3) is 0 Å². The topological polar surface area (TPSA) is 73.0 Å². The van der Waals surface area contributed by atoms with Crippen LogP contribution in [0.2, 0.25) is 0 Å². The van der Waals surface area contributed by atoms with Gasteiger partial charge in [0.1, 0.15) is 5.76 Å². The summed E-state index contributed by atoms with van der Waals surface area (Å²) >= 11 is 2.86. The second-order valence-electron chi connectivity index (χ2n) is 5.29. The van der Waals surface area contributed by atoms with Gasteiger partial charge in [-0.1, -0.05) is 23.1 Å². The third-order valence-corrected chi connectivity index (χ3v) is 5.79. The Morgan fingerprint density at radius 1 is 1.42 bits per heavy atom. The molecule has 3 rings (SSSR count). The summed E-state index contributed by atoms with van der Waals surface area (Å²) in [6.45, 7) is 4.61. The maximum absolute atomic E-state index is 12.6. The summed E-state index contributed by atoms with van der Waals surface area (Å²) in [5.74, 6) is 1.32. The third-order valence-electron chi connectivity index (χ3n) is 3.72. The van der Waals surface area contributed by atoms with Gasteiger partial charge in [-0.3, -0.25) is 4.79 Å². The molecule has 3 aromatic heterocycles. The van der Waals surface area contributed by atoms with Crippen LogP contribution in [0.4, 0.5) is 5.13 Å². The van der Waals surface area contributed by atoms with Crippen LogP contribution in [-0.2, 0) is 6.54 Å². The Kier molecular flexibility index (Phi) is 5.06. The van der Waals surface area contributed by atoms with Crippen molar-refractivity contribution in [1.29, 1.82) is 0 Å². The minimum Gasteiger partial charge on any atom is -0.467 e. The molecule has 0 amide bonds. The molecule has 0 aliphatic rings. The second kappa shape index (κ2) is 7.23. The van der Waals surface area contributed by atoms with Gasteiger partial charge in [0.2, 0.25) is 5.13 Å². The Morgan fingerprint density at radius 2 is 2.25 bits per heavy atom. The maximum atomic E-state index is 12.6. The lowest BCUT2D eigenvalue weighted by Crippen LogP contribution is -2.07. The van der Waals surface area contributed by atoms with Crippen molar-refractivity contribution >= 4 is 34.0 Å². The van der Waals surface area contributed by atoms with Crippen LogP contribution < -0.4 is 5.32 Å². The normalized spacial score (nSPS) is 11.0. The fraction of sp³-hybridized carbons (Fsp3) is 0.312. The van der Waals surface area contributed by atoms with Crippen molar-refractivity contribution in [2.24, 2.45) is 0 Å². The van der Waals surface area contributed by atoms with Crippen LogP contribution in [0.15, 0.2) is 33.2 Å². The highest BCUT2D eigenvalue weighted by Gasteiger charge is 2.17. The molecule has 0 atom stereocenters. The molecule has 0 fully saturated rings. The summed E-state index contributed by atoms with van der Waals surface area (Å²) in [6.07, 6.45) is 1.66. The molecule has 0 unspecified atom stereocenters. The third kappa shape index (κ3) is 3.54. The molecule has 0 aliphatic heterocycles. The molecule has 0 spiro atoms. The molecule has 0 aromatic carbocycles. The van der Waals surface area contributed by atoms with Crippen molar-refractivity contribution in [3.8, 4) is 0 Å². The van der Waals surface area contributed by atoms with E-state index in [9.17, 15) is 4.79 Å². The number of furan rings is 1. The average Bonchev–Trinajstić information content (AvgIpc) is 3.30. The van der Waals surface area contributed by atoms with Gasteiger partial charge in [-0.05, 0) is 32.0 Å². The highest BCUT2D eigenvalue weighted by Crippen LogP contribution is 2.27. The summed E-state index contributed by atoms with van der Waals surface area (Å²) in [7, 11) is 1.80.